The lowest BCUT2D eigenvalue weighted by molar-refractivity contribution is -0.139. The van der Waals surface area contributed by atoms with Crippen LogP contribution in [0.4, 0.5) is 0 Å². The normalized spacial score (nSPS) is 15.2. The van der Waals surface area contributed by atoms with Crippen LogP contribution in [0.25, 0.3) is 0 Å². The van der Waals surface area contributed by atoms with Crippen molar-refractivity contribution in [2.24, 2.45) is 0 Å². The van der Waals surface area contributed by atoms with Crippen molar-refractivity contribution in [2.45, 2.75) is 75.9 Å². The molecule has 0 bridgehead atoms. The van der Waals surface area contributed by atoms with E-state index in [2.05, 4.69) is 5.32 Å². The molecule has 172 valence electrons. The Morgan fingerprint density at radius 1 is 1.09 bits per heavy atom. The average molecular weight is 473 g/mol. The number of rotatable bonds is 9. The fourth-order valence-corrected chi connectivity index (χ4v) is 5.12. The molecule has 0 aliphatic heterocycles. The van der Waals surface area contributed by atoms with E-state index in [1.807, 2.05) is 62.4 Å². The Labute approximate surface area is 201 Å². The van der Waals surface area contributed by atoms with Crippen molar-refractivity contribution in [2.75, 3.05) is 5.75 Å². The number of amides is 2. The van der Waals surface area contributed by atoms with Crippen molar-refractivity contribution in [3.63, 3.8) is 0 Å². The Balaban J connectivity index is 1.75. The molecule has 0 spiro atoms. The topological polar surface area (TPSA) is 49.4 Å². The first kappa shape index (κ1) is 24.7. The zero-order valence-electron chi connectivity index (χ0n) is 19.0. The van der Waals surface area contributed by atoms with Crippen molar-refractivity contribution in [1.29, 1.82) is 0 Å². The molecule has 1 aliphatic rings. The predicted octanol–water partition coefficient (Wildman–Crippen LogP) is 6.00. The van der Waals surface area contributed by atoms with Crippen LogP contribution in [0.15, 0.2) is 53.4 Å². The molecular formula is C26H33ClN2O2S. The summed E-state index contributed by atoms with van der Waals surface area (Å²) in [5.41, 5.74) is 2.04. The number of carbonyl (C=O) groups excluding carboxylic acids is 2. The van der Waals surface area contributed by atoms with Crippen molar-refractivity contribution in [1.82, 2.24) is 10.2 Å². The van der Waals surface area contributed by atoms with Crippen molar-refractivity contribution in [3.05, 3.63) is 64.7 Å². The van der Waals surface area contributed by atoms with Gasteiger partial charge in [-0.05, 0) is 49.9 Å². The minimum Gasteiger partial charge on any atom is -0.352 e. The Kier molecular flexibility index (Phi) is 9.49. The van der Waals surface area contributed by atoms with Gasteiger partial charge in [-0.15, -0.1) is 11.8 Å². The lowest BCUT2D eigenvalue weighted by atomic mass is 9.95. The van der Waals surface area contributed by atoms with Crippen LogP contribution >= 0.6 is 23.4 Å². The van der Waals surface area contributed by atoms with Gasteiger partial charge in [0, 0.05) is 22.5 Å². The van der Waals surface area contributed by atoms with Gasteiger partial charge in [-0.3, -0.25) is 9.59 Å². The highest BCUT2D eigenvalue weighted by atomic mass is 35.5. The van der Waals surface area contributed by atoms with Crippen LogP contribution in [0, 0.1) is 6.92 Å². The molecule has 1 unspecified atom stereocenters. The molecule has 0 heterocycles. The highest BCUT2D eigenvalue weighted by Gasteiger charge is 2.30. The smallest absolute Gasteiger partial charge is 0.243 e. The number of hydrogen-bond acceptors (Lipinski definition) is 3. The standard InChI is InChI=1S/C26H33ClN2O2S/c1-3-24(26(31)28-21-10-5-4-6-11-21)29(17-20-9-7-8-12-23(20)27)25(30)18-32-22-15-13-19(2)14-16-22/h7-9,12-16,21,24H,3-6,10-11,17-18H2,1-2H3,(H,28,31). The molecule has 4 nitrogen and oxygen atoms in total. The first-order valence-corrected chi connectivity index (χ1v) is 12.9. The minimum absolute atomic E-state index is 0.0545. The van der Waals surface area contributed by atoms with Gasteiger partial charge in [-0.25, -0.2) is 0 Å². The molecule has 6 heteroatoms. The van der Waals surface area contributed by atoms with Gasteiger partial charge >= 0.3 is 0 Å². The largest absolute Gasteiger partial charge is 0.352 e. The molecule has 1 atom stereocenters. The Morgan fingerprint density at radius 3 is 2.44 bits per heavy atom. The van der Waals surface area contributed by atoms with Crippen LogP contribution in [0.5, 0.6) is 0 Å². The number of nitrogens with zero attached hydrogens (tertiary/aromatic N) is 1. The van der Waals surface area contributed by atoms with Gasteiger partial charge in [0.25, 0.3) is 0 Å². The number of benzene rings is 2. The second kappa shape index (κ2) is 12.3. The second-order valence-corrected chi connectivity index (χ2v) is 9.94. The van der Waals surface area contributed by atoms with E-state index in [0.717, 1.165) is 36.1 Å². The molecule has 0 aromatic heterocycles. The Hall–Kier alpha value is -1.98. The van der Waals surface area contributed by atoms with Gasteiger partial charge < -0.3 is 10.2 Å². The van der Waals surface area contributed by atoms with Crippen LogP contribution in [0.2, 0.25) is 5.02 Å². The highest BCUT2D eigenvalue weighted by Crippen LogP contribution is 2.24. The summed E-state index contributed by atoms with van der Waals surface area (Å²) in [6, 6.07) is 15.4. The third kappa shape index (κ3) is 7.01. The van der Waals surface area contributed by atoms with Gasteiger partial charge in [0.2, 0.25) is 11.8 Å². The number of aryl methyl sites for hydroxylation is 1. The molecule has 1 aliphatic carbocycles. The molecule has 32 heavy (non-hydrogen) atoms. The molecule has 0 radical (unpaired) electrons. The van der Waals surface area contributed by atoms with Gasteiger partial charge in [0.05, 0.1) is 5.75 Å². The molecule has 0 saturated heterocycles. The summed E-state index contributed by atoms with van der Waals surface area (Å²) in [7, 11) is 0. The first-order valence-electron chi connectivity index (χ1n) is 11.5. The van der Waals surface area contributed by atoms with Gasteiger partial charge in [0.1, 0.15) is 6.04 Å². The third-order valence-corrected chi connectivity index (χ3v) is 7.38. The van der Waals surface area contributed by atoms with E-state index in [4.69, 9.17) is 11.6 Å². The van der Waals surface area contributed by atoms with E-state index in [1.165, 1.54) is 23.7 Å². The lowest BCUT2D eigenvalue weighted by Gasteiger charge is -2.33. The molecule has 2 aromatic rings. The fraction of sp³-hybridized carbons (Fsp3) is 0.462. The zero-order valence-corrected chi connectivity index (χ0v) is 20.6. The van der Waals surface area contributed by atoms with Crippen molar-refractivity contribution < 1.29 is 9.59 Å². The van der Waals surface area contributed by atoms with Gasteiger partial charge in [-0.2, -0.15) is 0 Å². The molecule has 1 saturated carbocycles. The van der Waals surface area contributed by atoms with Crippen molar-refractivity contribution >= 4 is 35.2 Å². The quantitative estimate of drug-likeness (QED) is 0.455. The SMILES string of the molecule is CCC(C(=O)NC1CCCCC1)N(Cc1ccccc1Cl)C(=O)CSc1ccc(C)cc1. The van der Waals surface area contributed by atoms with Gasteiger partial charge in [-0.1, -0.05) is 73.7 Å². The summed E-state index contributed by atoms with van der Waals surface area (Å²) in [5, 5.41) is 3.82. The summed E-state index contributed by atoms with van der Waals surface area (Å²) in [6.07, 6.45) is 6.13. The maximum Gasteiger partial charge on any atom is 0.243 e. The lowest BCUT2D eigenvalue weighted by Crippen LogP contribution is -2.52. The van der Waals surface area contributed by atoms with E-state index in [1.54, 1.807) is 4.90 Å². The molecule has 1 N–H and O–H groups in total. The molecular weight excluding hydrogens is 440 g/mol. The Bertz CT molecular complexity index is 897. The molecule has 2 aromatic carbocycles. The molecule has 1 fully saturated rings. The van der Waals surface area contributed by atoms with E-state index >= 15 is 0 Å². The summed E-state index contributed by atoms with van der Waals surface area (Å²) in [5.74, 6) is 0.169. The fourth-order valence-electron chi connectivity index (χ4n) is 4.14. The number of halogens is 1. The predicted molar refractivity (Wildman–Crippen MR) is 133 cm³/mol. The zero-order chi connectivity index (χ0) is 22.9. The van der Waals surface area contributed by atoms with E-state index in [9.17, 15) is 9.59 Å². The highest BCUT2D eigenvalue weighted by molar-refractivity contribution is 8.00. The van der Waals surface area contributed by atoms with Crippen molar-refractivity contribution in [3.8, 4) is 0 Å². The van der Waals surface area contributed by atoms with E-state index in [0.29, 0.717) is 18.0 Å². The van der Waals surface area contributed by atoms with Crippen LogP contribution in [0.3, 0.4) is 0 Å². The number of nitrogens with one attached hydrogen (secondary N) is 1. The first-order chi connectivity index (χ1) is 15.5. The average Bonchev–Trinajstić information content (AvgIpc) is 2.80. The summed E-state index contributed by atoms with van der Waals surface area (Å²) < 4.78 is 0. The maximum absolute atomic E-state index is 13.4. The third-order valence-electron chi connectivity index (χ3n) is 6.02. The number of thioether (sulfide) groups is 1. The van der Waals surface area contributed by atoms with E-state index in [-0.39, 0.29) is 23.6 Å². The maximum atomic E-state index is 13.4. The van der Waals surface area contributed by atoms with Crippen LogP contribution in [-0.4, -0.2) is 34.6 Å². The summed E-state index contributed by atoms with van der Waals surface area (Å²) in [4.78, 5) is 29.4. The molecule has 2 amide bonds. The summed E-state index contributed by atoms with van der Waals surface area (Å²) in [6.45, 7) is 4.33. The monoisotopic (exact) mass is 472 g/mol. The van der Waals surface area contributed by atoms with Gasteiger partial charge in [0.15, 0.2) is 0 Å². The number of carbonyl (C=O) groups is 2. The molecule has 3 rings (SSSR count). The summed E-state index contributed by atoms with van der Waals surface area (Å²) >= 11 is 7.90. The van der Waals surface area contributed by atoms with Crippen LogP contribution < -0.4 is 5.32 Å². The minimum atomic E-state index is -0.515. The van der Waals surface area contributed by atoms with Crippen LogP contribution in [-0.2, 0) is 16.1 Å². The Morgan fingerprint density at radius 2 is 1.78 bits per heavy atom. The second-order valence-electron chi connectivity index (χ2n) is 8.48. The van der Waals surface area contributed by atoms with E-state index < -0.39 is 6.04 Å². The van der Waals surface area contributed by atoms with Crippen LogP contribution in [0.1, 0.15) is 56.6 Å². The number of hydrogen-bond donors (Lipinski definition) is 1.